The molecule has 0 bridgehead atoms. The number of hydrogen-bond donors (Lipinski definition) is 0. The molecule has 0 aliphatic rings. The fourth-order valence-electron chi connectivity index (χ4n) is 1.85. The maximum absolute atomic E-state index is 5.61. The first-order valence-electron chi connectivity index (χ1n) is 7.92. The van der Waals surface area contributed by atoms with E-state index in [2.05, 4.69) is 43.4 Å². The maximum Gasteiger partial charge on any atom is 0.0466 e. The van der Waals surface area contributed by atoms with Gasteiger partial charge in [-0.3, -0.25) is 0 Å². The van der Waals surface area contributed by atoms with Crippen molar-refractivity contribution in [1.82, 2.24) is 0 Å². The van der Waals surface area contributed by atoms with E-state index in [1.165, 1.54) is 44.9 Å². The second-order valence-corrected chi connectivity index (χ2v) is 7.87. The van der Waals surface area contributed by atoms with Crippen LogP contribution < -0.4 is 0 Å². The number of unbranched alkanes of at least 4 members (excludes halogenated alkanes) is 2. The molecule has 0 radical (unpaired) electrons. The second kappa shape index (κ2) is 15.0. The lowest BCUT2D eigenvalue weighted by atomic mass is 10.1. The third-order valence-corrected chi connectivity index (χ3v) is 3.66. The predicted molar refractivity (Wildman–Crippen MR) is 92.3 cm³/mol. The van der Waals surface area contributed by atoms with Crippen molar-refractivity contribution >= 4 is 22.6 Å². The van der Waals surface area contributed by atoms with Gasteiger partial charge in [-0.15, -0.1) is 0 Å². The fourth-order valence-corrected chi connectivity index (χ4v) is 2.29. The normalized spacial score (nSPS) is 13.1. The van der Waals surface area contributed by atoms with Crippen LogP contribution >= 0.6 is 22.6 Å². The zero-order chi connectivity index (χ0) is 14.3. The Kier molecular flexibility index (Phi) is 15.6. The van der Waals surface area contributed by atoms with Gasteiger partial charge < -0.3 is 9.47 Å². The molecule has 0 spiro atoms. The van der Waals surface area contributed by atoms with Crippen LogP contribution in [0.15, 0.2) is 0 Å². The number of ether oxygens (including phenoxy) is 2. The van der Waals surface area contributed by atoms with Crippen LogP contribution in [0.1, 0.15) is 65.7 Å². The third-order valence-electron chi connectivity index (χ3n) is 3.04. The molecule has 116 valence electrons. The Hall–Kier alpha value is 0.650. The van der Waals surface area contributed by atoms with Crippen molar-refractivity contribution in [3.63, 3.8) is 0 Å². The van der Waals surface area contributed by atoms with E-state index in [1.54, 1.807) is 0 Å². The van der Waals surface area contributed by atoms with Crippen molar-refractivity contribution in [3.05, 3.63) is 0 Å². The average molecular weight is 384 g/mol. The molecule has 0 heterocycles. The number of hydrogen-bond acceptors (Lipinski definition) is 2. The Balaban J connectivity index is 2.95. The molecular weight excluding hydrogens is 351 g/mol. The summed E-state index contributed by atoms with van der Waals surface area (Å²) in [6.45, 7) is 10.5. The first-order chi connectivity index (χ1) is 9.13. The largest absolute Gasteiger partial charge is 0.381 e. The van der Waals surface area contributed by atoms with Crippen LogP contribution in [0.2, 0.25) is 0 Å². The minimum absolute atomic E-state index is 0.772. The Bertz CT molecular complexity index is 154. The highest BCUT2D eigenvalue weighted by molar-refractivity contribution is 14.1. The molecular formula is C16H33IO2. The lowest BCUT2D eigenvalue weighted by molar-refractivity contribution is 0.110. The van der Waals surface area contributed by atoms with Gasteiger partial charge in [0.25, 0.3) is 0 Å². The van der Waals surface area contributed by atoms with Gasteiger partial charge in [0.1, 0.15) is 0 Å². The van der Waals surface area contributed by atoms with Crippen LogP contribution in [-0.2, 0) is 9.47 Å². The van der Waals surface area contributed by atoms with Gasteiger partial charge in [-0.25, -0.2) is 0 Å². The molecule has 0 aliphatic carbocycles. The van der Waals surface area contributed by atoms with Gasteiger partial charge >= 0.3 is 0 Å². The molecule has 0 saturated heterocycles. The van der Waals surface area contributed by atoms with Crippen molar-refractivity contribution in [3.8, 4) is 0 Å². The van der Waals surface area contributed by atoms with Crippen LogP contribution in [-0.4, -0.2) is 30.4 Å². The molecule has 3 heteroatoms. The van der Waals surface area contributed by atoms with Gasteiger partial charge in [0, 0.05) is 30.4 Å². The van der Waals surface area contributed by atoms with Crippen LogP contribution in [0.4, 0.5) is 0 Å². The van der Waals surface area contributed by atoms with Gasteiger partial charge in [0.15, 0.2) is 0 Å². The monoisotopic (exact) mass is 384 g/mol. The summed E-state index contributed by atoms with van der Waals surface area (Å²) in [6.07, 6.45) is 8.53. The van der Waals surface area contributed by atoms with Gasteiger partial charge in [0.2, 0.25) is 0 Å². The molecule has 1 unspecified atom stereocenters. The molecule has 0 rings (SSSR count). The summed E-state index contributed by atoms with van der Waals surface area (Å²) in [4.78, 5) is 0. The Morgan fingerprint density at radius 2 is 1.16 bits per heavy atom. The molecule has 0 aromatic rings. The summed E-state index contributed by atoms with van der Waals surface area (Å²) in [5.74, 6) is 0.802. The highest BCUT2D eigenvalue weighted by atomic mass is 127. The summed E-state index contributed by atoms with van der Waals surface area (Å²) in [6, 6.07) is 0. The molecule has 2 nitrogen and oxygen atoms in total. The summed E-state index contributed by atoms with van der Waals surface area (Å²) >= 11 is 2.47. The van der Waals surface area contributed by atoms with E-state index in [4.69, 9.17) is 9.47 Å². The molecule has 0 aromatic carbocycles. The maximum atomic E-state index is 5.61. The van der Waals surface area contributed by atoms with Gasteiger partial charge in [-0.2, -0.15) is 0 Å². The van der Waals surface area contributed by atoms with E-state index < -0.39 is 0 Å². The minimum atomic E-state index is 0.772. The predicted octanol–water partition coefficient (Wildman–Crippen LogP) is 5.23. The molecule has 1 atom stereocenters. The van der Waals surface area contributed by atoms with E-state index >= 15 is 0 Å². The van der Waals surface area contributed by atoms with E-state index in [9.17, 15) is 0 Å². The molecule has 0 fully saturated rings. The van der Waals surface area contributed by atoms with E-state index in [0.29, 0.717) is 0 Å². The van der Waals surface area contributed by atoms with E-state index in [-0.39, 0.29) is 0 Å². The lowest BCUT2D eigenvalue weighted by Gasteiger charge is -2.07. The average Bonchev–Trinajstić information content (AvgIpc) is 2.34. The summed E-state index contributed by atoms with van der Waals surface area (Å²) in [5, 5.41) is 0. The topological polar surface area (TPSA) is 18.5 Å². The van der Waals surface area contributed by atoms with Crippen LogP contribution in [0.5, 0.6) is 0 Å². The summed E-state index contributed by atoms with van der Waals surface area (Å²) < 4.78 is 12.0. The molecule has 0 amide bonds. The van der Waals surface area contributed by atoms with Gasteiger partial charge in [0.05, 0.1) is 0 Å². The fraction of sp³-hybridized carbons (Fsp3) is 1.00. The standard InChI is InChI=1S/C16H33IO2/c1-15(2)9-7-13-18-11-5-4-6-12-19-14-8-10-16(3)17/h15-16H,4-14H2,1-3H3. The highest BCUT2D eigenvalue weighted by Gasteiger charge is 1.96. The van der Waals surface area contributed by atoms with Crippen molar-refractivity contribution in [2.24, 2.45) is 5.92 Å². The zero-order valence-corrected chi connectivity index (χ0v) is 15.3. The SMILES string of the molecule is CC(C)CCCOCCCCCOCCCC(C)I. The molecule has 0 saturated carbocycles. The van der Waals surface area contributed by atoms with Crippen LogP contribution in [0, 0.1) is 5.92 Å². The molecule has 0 aliphatic heterocycles. The first-order valence-corrected chi connectivity index (χ1v) is 9.17. The van der Waals surface area contributed by atoms with Crippen molar-refractivity contribution < 1.29 is 9.47 Å². The molecule has 0 aromatic heterocycles. The van der Waals surface area contributed by atoms with Gasteiger partial charge in [-0.05, 0) is 50.9 Å². The first kappa shape index (κ1) is 19.7. The minimum Gasteiger partial charge on any atom is -0.381 e. The summed E-state index contributed by atoms with van der Waals surface area (Å²) in [7, 11) is 0. The van der Waals surface area contributed by atoms with Crippen molar-refractivity contribution in [2.75, 3.05) is 26.4 Å². The van der Waals surface area contributed by atoms with Gasteiger partial charge in [-0.1, -0.05) is 43.4 Å². The molecule has 19 heavy (non-hydrogen) atoms. The second-order valence-electron chi connectivity index (χ2n) is 5.74. The Morgan fingerprint density at radius 3 is 1.63 bits per heavy atom. The van der Waals surface area contributed by atoms with E-state index in [0.717, 1.165) is 36.3 Å². The Labute approximate surface area is 134 Å². The highest BCUT2D eigenvalue weighted by Crippen LogP contribution is 2.07. The Morgan fingerprint density at radius 1 is 0.684 bits per heavy atom. The number of rotatable bonds is 14. The third kappa shape index (κ3) is 18.6. The zero-order valence-electron chi connectivity index (χ0n) is 13.1. The number of alkyl halides is 1. The quantitative estimate of drug-likeness (QED) is 0.232. The van der Waals surface area contributed by atoms with Crippen LogP contribution in [0.3, 0.4) is 0 Å². The van der Waals surface area contributed by atoms with Crippen molar-refractivity contribution in [1.29, 1.82) is 0 Å². The summed E-state index contributed by atoms with van der Waals surface area (Å²) in [5.41, 5.74) is 0. The van der Waals surface area contributed by atoms with Crippen molar-refractivity contribution in [2.45, 2.75) is 69.6 Å². The smallest absolute Gasteiger partial charge is 0.0466 e. The number of halogens is 1. The lowest BCUT2D eigenvalue weighted by Crippen LogP contribution is -2.01. The van der Waals surface area contributed by atoms with E-state index in [1.807, 2.05) is 0 Å². The molecule has 0 N–H and O–H groups in total. The van der Waals surface area contributed by atoms with Crippen LogP contribution in [0.25, 0.3) is 0 Å².